The fraction of sp³-hybridized carbons (Fsp3) is 0.167. The molecule has 0 saturated carbocycles. The predicted molar refractivity (Wildman–Crippen MR) is 128 cm³/mol. The summed E-state index contributed by atoms with van der Waals surface area (Å²) >= 11 is 1.27. The molecule has 0 saturated heterocycles. The fourth-order valence-corrected chi connectivity index (χ4v) is 4.80. The second kappa shape index (κ2) is 8.39. The van der Waals surface area contributed by atoms with Crippen LogP contribution in [0.3, 0.4) is 0 Å². The minimum atomic E-state index is -0.449. The molecular formula is C24H22N4O3S. The quantitative estimate of drug-likeness (QED) is 0.246. The third kappa shape index (κ3) is 4.17. The van der Waals surface area contributed by atoms with E-state index >= 15 is 0 Å². The minimum Gasteiger partial charge on any atom is -0.318 e. The molecule has 0 bridgehead atoms. The zero-order valence-corrected chi connectivity index (χ0v) is 19.0. The zero-order chi connectivity index (χ0) is 23.0. The van der Waals surface area contributed by atoms with Gasteiger partial charge in [0, 0.05) is 44.9 Å². The SMILES string of the molecule is Cc1cc(C)cc(-n2c(C)cc(/C=N\NC(=O)c3cc4cc([N+](=O)[O-])ccc4s3)c2C)c1. The van der Waals surface area contributed by atoms with Crippen molar-refractivity contribution in [3.05, 3.63) is 91.6 Å². The van der Waals surface area contributed by atoms with Gasteiger partial charge >= 0.3 is 0 Å². The van der Waals surface area contributed by atoms with E-state index in [0.29, 0.717) is 10.3 Å². The van der Waals surface area contributed by atoms with Gasteiger partial charge in [-0.3, -0.25) is 14.9 Å². The number of hydrogen-bond acceptors (Lipinski definition) is 5. The van der Waals surface area contributed by atoms with Crippen LogP contribution < -0.4 is 5.43 Å². The van der Waals surface area contributed by atoms with Crippen molar-refractivity contribution in [2.75, 3.05) is 0 Å². The molecule has 4 aromatic rings. The molecule has 4 rings (SSSR count). The highest BCUT2D eigenvalue weighted by Gasteiger charge is 2.14. The van der Waals surface area contributed by atoms with Crippen molar-refractivity contribution in [3.8, 4) is 5.69 Å². The van der Waals surface area contributed by atoms with Gasteiger partial charge in [0.15, 0.2) is 0 Å². The Morgan fingerprint density at radius 2 is 1.78 bits per heavy atom. The lowest BCUT2D eigenvalue weighted by Crippen LogP contribution is -2.16. The highest BCUT2D eigenvalue weighted by molar-refractivity contribution is 7.20. The number of nitrogens with zero attached hydrogens (tertiary/aromatic N) is 3. The highest BCUT2D eigenvalue weighted by Crippen LogP contribution is 2.29. The Labute approximate surface area is 189 Å². The van der Waals surface area contributed by atoms with Crippen molar-refractivity contribution in [1.82, 2.24) is 9.99 Å². The number of rotatable bonds is 5. The fourth-order valence-electron chi connectivity index (χ4n) is 3.87. The second-order valence-electron chi connectivity index (χ2n) is 7.80. The Balaban J connectivity index is 1.53. The number of nitro groups is 1. The van der Waals surface area contributed by atoms with Crippen LogP contribution >= 0.6 is 11.3 Å². The molecule has 0 unspecified atom stereocenters. The van der Waals surface area contributed by atoms with Crippen molar-refractivity contribution in [3.63, 3.8) is 0 Å². The van der Waals surface area contributed by atoms with Gasteiger partial charge in [0.2, 0.25) is 0 Å². The van der Waals surface area contributed by atoms with E-state index in [4.69, 9.17) is 0 Å². The van der Waals surface area contributed by atoms with Crippen LogP contribution in [0.2, 0.25) is 0 Å². The summed E-state index contributed by atoms with van der Waals surface area (Å²) in [6.45, 7) is 8.22. The van der Waals surface area contributed by atoms with E-state index < -0.39 is 4.92 Å². The molecule has 7 nitrogen and oxygen atoms in total. The number of nitro benzene ring substituents is 1. The maximum absolute atomic E-state index is 12.5. The van der Waals surface area contributed by atoms with Crippen molar-refractivity contribution in [1.29, 1.82) is 0 Å². The molecule has 0 radical (unpaired) electrons. The number of hydrogen-bond donors (Lipinski definition) is 1. The van der Waals surface area contributed by atoms with Gasteiger partial charge in [0.25, 0.3) is 11.6 Å². The first-order valence-electron chi connectivity index (χ1n) is 10.0. The Morgan fingerprint density at radius 1 is 1.06 bits per heavy atom. The van der Waals surface area contributed by atoms with Gasteiger partial charge in [0.05, 0.1) is 16.0 Å². The Morgan fingerprint density at radius 3 is 2.47 bits per heavy atom. The molecule has 162 valence electrons. The molecule has 8 heteroatoms. The van der Waals surface area contributed by atoms with Gasteiger partial charge in [-0.05, 0) is 69.2 Å². The van der Waals surface area contributed by atoms with E-state index in [1.807, 2.05) is 19.9 Å². The maximum Gasteiger partial charge on any atom is 0.281 e. The lowest BCUT2D eigenvalue weighted by molar-refractivity contribution is -0.384. The van der Waals surface area contributed by atoms with E-state index in [0.717, 1.165) is 27.3 Å². The largest absolute Gasteiger partial charge is 0.318 e. The van der Waals surface area contributed by atoms with Gasteiger partial charge in [-0.2, -0.15) is 5.10 Å². The molecular weight excluding hydrogens is 424 g/mol. The summed E-state index contributed by atoms with van der Waals surface area (Å²) in [6, 6.07) is 14.6. The van der Waals surface area contributed by atoms with Crippen LogP contribution in [-0.2, 0) is 0 Å². The number of aryl methyl sites for hydroxylation is 3. The third-order valence-electron chi connectivity index (χ3n) is 5.24. The third-order valence-corrected chi connectivity index (χ3v) is 6.35. The van der Waals surface area contributed by atoms with Crippen LogP contribution in [0.15, 0.2) is 53.6 Å². The monoisotopic (exact) mass is 446 g/mol. The minimum absolute atomic E-state index is 0.000519. The van der Waals surface area contributed by atoms with Crippen molar-refractivity contribution in [2.24, 2.45) is 5.10 Å². The van der Waals surface area contributed by atoms with E-state index in [1.165, 1.54) is 34.6 Å². The summed E-state index contributed by atoms with van der Waals surface area (Å²) in [7, 11) is 0. The summed E-state index contributed by atoms with van der Waals surface area (Å²) in [5.41, 5.74) is 9.06. The molecule has 1 amide bonds. The van der Waals surface area contributed by atoms with Crippen LogP contribution in [0.4, 0.5) is 5.69 Å². The normalized spacial score (nSPS) is 11.4. The van der Waals surface area contributed by atoms with E-state index in [-0.39, 0.29) is 11.6 Å². The van der Waals surface area contributed by atoms with Gasteiger partial charge in [-0.25, -0.2) is 5.43 Å². The van der Waals surface area contributed by atoms with Crippen LogP contribution in [0.1, 0.15) is 37.7 Å². The Hall–Kier alpha value is -3.78. The van der Waals surface area contributed by atoms with Crippen LogP contribution in [0.5, 0.6) is 0 Å². The Kier molecular flexibility index (Phi) is 5.63. The number of carbonyl (C=O) groups is 1. The average Bonchev–Trinajstić information content (AvgIpc) is 3.27. The van der Waals surface area contributed by atoms with Crippen molar-refractivity contribution < 1.29 is 9.72 Å². The molecule has 32 heavy (non-hydrogen) atoms. The lowest BCUT2D eigenvalue weighted by atomic mass is 10.1. The number of amides is 1. The number of thiophene rings is 1. The summed E-state index contributed by atoms with van der Waals surface area (Å²) in [5, 5.41) is 15.7. The molecule has 0 aliphatic heterocycles. The number of fused-ring (bicyclic) bond motifs is 1. The van der Waals surface area contributed by atoms with E-state index in [2.05, 4.69) is 47.1 Å². The van der Waals surface area contributed by atoms with Crippen LogP contribution in [0, 0.1) is 37.8 Å². The first kappa shape index (κ1) is 21.5. The molecule has 0 aliphatic carbocycles. The van der Waals surface area contributed by atoms with Gasteiger partial charge in [0.1, 0.15) is 0 Å². The topological polar surface area (TPSA) is 89.5 Å². The number of non-ortho nitro benzene ring substituents is 1. The number of benzene rings is 2. The van der Waals surface area contributed by atoms with E-state index in [1.54, 1.807) is 18.3 Å². The Bertz CT molecular complexity index is 1380. The summed E-state index contributed by atoms with van der Waals surface area (Å²) in [6.07, 6.45) is 1.64. The van der Waals surface area contributed by atoms with Gasteiger partial charge in [-0.15, -0.1) is 11.3 Å². The van der Waals surface area contributed by atoms with Crippen LogP contribution in [-0.4, -0.2) is 21.6 Å². The number of hydrazone groups is 1. The molecule has 2 heterocycles. The summed E-state index contributed by atoms with van der Waals surface area (Å²) < 4.78 is 2.98. The highest BCUT2D eigenvalue weighted by atomic mass is 32.1. The number of carbonyl (C=O) groups excluding carboxylic acids is 1. The first-order valence-corrected chi connectivity index (χ1v) is 10.8. The second-order valence-corrected chi connectivity index (χ2v) is 8.88. The zero-order valence-electron chi connectivity index (χ0n) is 18.2. The molecule has 0 aliphatic rings. The van der Waals surface area contributed by atoms with Crippen LogP contribution in [0.25, 0.3) is 15.8 Å². The average molecular weight is 447 g/mol. The first-order chi connectivity index (χ1) is 15.2. The molecule has 1 N–H and O–H groups in total. The molecule has 2 aromatic carbocycles. The predicted octanol–water partition coefficient (Wildman–Crippen LogP) is 5.60. The lowest BCUT2D eigenvalue weighted by Gasteiger charge is -2.11. The number of nitrogens with one attached hydrogen (secondary N) is 1. The standard InChI is InChI=1S/C24H22N4O3S/c1-14-7-15(2)9-21(8-14)27-16(3)10-19(17(27)4)13-25-26-24(29)23-12-18-11-20(28(30)31)5-6-22(18)32-23/h5-13H,1-4H3,(H,26,29)/b25-13-. The summed E-state index contributed by atoms with van der Waals surface area (Å²) in [5.74, 6) is -0.354. The molecule has 0 atom stereocenters. The molecule has 0 spiro atoms. The smallest absolute Gasteiger partial charge is 0.281 e. The van der Waals surface area contributed by atoms with E-state index in [9.17, 15) is 14.9 Å². The number of aromatic nitrogens is 1. The van der Waals surface area contributed by atoms with Gasteiger partial charge < -0.3 is 4.57 Å². The molecule has 0 fully saturated rings. The molecule has 2 aromatic heterocycles. The summed E-state index contributed by atoms with van der Waals surface area (Å²) in [4.78, 5) is 23.5. The van der Waals surface area contributed by atoms with Crippen molar-refractivity contribution in [2.45, 2.75) is 27.7 Å². The van der Waals surface area contributed by atoms with Crippen molar-refractivity contribution >= 4 is 39.2 Å². The maximum atomic E-state index is 12.5. The van der Waals surface area contributed by atoms with Gasteiger partial charge in [-0.1, -0.05) is 6.07 Å².